The molecule has 0 saturated heterocycles. The summed E-state index contributed by atoms with van der Waals surface area (Å²) in [6, 6.07) is 11.6. The van der Waals surface area contributed by atoms with Crippen molar-refractivity contribution in [1.29, 1.82) is 0 Å². The van der Waals surface area contributed by atoms with Gasteiger partial charge in [-0.2, -0.15) is 0 Å². The van der Waals surface area contributed by atoms with Gasteiger partial charge in [-0.3, -0.25) is 14.2 Å². The van der Waals surface area contributed by atoms with Crippen LogP contribution >= 0.6 is 11.3 Å². The van der Waals surface area contributed by atoms with Crippen LogP contribution in [0.25, 0.3) is 5.57 Å². The highest BCUT2D eigenvalue weighted by molar-refractivity contribution is 7.07. The number of para-hydroxylation sites is 1. The fraction of sp³-hybridized carbons (Fsp3) is 0.259. The molecule has 0 radical (unpaired) electrons. The number of amides is 1. The minimum Gasteiger partial charge on any atom is -0.497 e. The minimum atomic E-state index is -0.880. The highest BCUT2D eigenvalue weighted by Gasteiger charge is 2.37. The molecule has 0 spiro atoms. The number of carbonyl (C=O) groups excluding carboxylic acids is 2. The highest BCUT2D eigenvalue weighted by Crippen LogP contribution is 2.38. The van der Waals surface area contributed by atoms with Crippen LogP contribution in [0.4, 0.5) is 5.69 Å². The number of benzene rings is 2. The van der Waals surface area contributed by atoms with Crippen molar-refractivity contribution in [2.24, 2.45) is 4.99 Å². The molecule has 5 rings (SSSR count). The van der Waals surface area contributed by atoms with Gasteiger partial charge in [-0.15, -0.1) is 0 Å². The fourth-order valence-electron chi connectivity index (χ4n) is 4.77. The van der Waals surface area contributed by atoms with Crippen LogP contribution in [-0.4, -0.2) is 44.3 Å². The molecule has 0 unspecified atom stereocenters. The standard InChI is InChI=1S/C27H25N3O6S/c1-6-36-26(33)20-14(2)28-27-30(22(20)17-12-11-15(34-4)13-19(17)35-5)25(32)23(37-27)21-16-9-7-8-10-18(16)29(3)24(21)31/h7-13,22H,6H2,1-5H3/b23-21-/t22-/m1/s1. The number of ether oxygens (including phenoxy) is 3. The van der Waals surface area contributed by atoms with Crippen LogP contribution in [0, 0.1) is 0 Å². The van der Waals surface area contributed by atoms with Crippen molar-refractivity contribution in [2.45, 2.75) is 19.9 Å². The average Bonchev–Trinajstić information content (AvgIpc) is 3.35. The van der Waals surface area contributed by atoms with E-state index in [1.54, 1.807) is 46.2 Å². The number of carbonyl (C=O) groups is 2. The molecule has 1 amide bonds. The number of aromatic nitrogens is 1. The molecular weight excluding hydrogens is 494 g/mol. The van der Waals surface area contributed by atoms with E-state index in [1.165, 1.54) is 16.6 Å². The molecule has 2 aromatic carbocycles. The van der Waals surface area contributed by atoms with Gasteiger partial charge in [0.25, 0.3) is 11.5 Å². The van der Waals surface area contributed by atoms with Crippen LogP contribution in [0.2, 0.25) is 0 Å². The van der Waals surface area contributed by atoms with Crippen molar-refractivity contribution in [1.82, 2.24) is 4.57 Å². The molecule has 0 aliphatic carbocycles. The van der Waals surface area contributed by atoms with Crippen LogP contribution in [-0.2, 0) is 14.3 Å². The van der Waals surface area contributed by atoms with E-state index in [9.17, 15) is 14.4 Å². The number of rotatable bonds is 5. The number of nitrogens with zero attached hydrogens (tertiary/aromatic N) is 3. The lowest BCUT2D eigenvalue weighted by molar-refractivity contribution is -0.139. The van der Waals surface area contributed by atoms with Gasteiger partial charge in [-0.1, -0.05) is 29.5 Å². The number of likely N-dealkylation sites (N-methyl/N-ethyl adjacent to an activating group) is 1. The van der Waals surface area contributed by atoms with E-state index < -0.39 is 17.6 Å². The molecule has 2 aliphatic rings. The van der Waals surface area contributed by atoms with E-state index in [-0.39, 0.29) is 22.6 Å². The Morgan fingerprint density at radius 1 is 1.11 bits per heavy atom. The smallest absolute Gasteiger partial charge is 0.338 e. The number of fused-ring (bicyclic) bond motifs is 2. The van der Waals surface area contributed by atoms with Crippen LogP contribution in [0.3, 0.4) is 0 Å². The average molecular weight is 520 g/mol. The summed E-state index contributed by atoms with van der Waals surface area (Å²) in [5.74, 6) is 0.143. The van der Waals surface area contributed by atoms with E-state index in [2.05, 4.69) is 4.99 Å². The third-order valence-electron chi connectivity index (χ3n) is 6.51. The van der Waals surface area contributed by atoms with Gasteiger partial charge in [0.15, 0.2) is 4.80 Å². The van der Waals surface area contributed by atoms with Crippen LogP contribution in [0.1, 0.15) is 31.0 Å². The Morgan fingerprint density at radius 3 is 2.57 bits per heavy atom. The first-order valence-electron chi connectivity index (χ1n) is 11.6. The number of esters is 1. The molecule has 10 heteroatoms. The maximum atomic E-state index is 14.1. The largest absolute Gasteiger partial charge is 0.497 e. The first-order chi connectivity index (χ1) is 17.8. The van der Waals surface area contributed by atoms with Gasteiger partial charge in [0, 0.05) is 24.2 Å². The van der Waals surface area contributed by atoms with Crippen LogP contribution in [0.15, 0.2) is 63.5 Å². The number of anilines is 1. The van der Waals surface area contributed by atoms with E-state index in [0.717, 1.165) is 17.0 Å². The normalized spacial score (nSPS) is 17.8. The Labute approximate surface area is 216 Å². The van der Waals surface area contributed by atoms with Crippen molar-refractivity contribution < 1.29 is 23.8 Å². The number of hydrogen-bond donors (Lipinski definition) is 0. The van der Waals surface area contributed by atoms with E-state index in [4.69, 9.17) is 14.2 Å². The number of methoxy groups -OCH3 is 2. The monoisotopic (exact) mass is 519 g/mol. The second-order valence-corrected chi connectivity index (χ2v) is 9.46. The summed E-state index contributed by atoms with van der Waals surface area (Å²) in [5, 5.41) is 0. The Hall–Kier alpha value is -4.18. The molecule has 9 nitrogen and oxygen atoms in total. The summed E-state index contributed by atoms with van der Waals surface area (Å²) in [4.78, 5) is 47.0. The topological polar surface area (TPSA) is 99.4 Å². The van der Waals surface area contributed by atoms with Crippen LogP contribution in [0.5, 0.6) is 11.5 Å². The van der Waals surface area contributed by atoms with Gasteiger partial charge in [-0.05, 0) is 32.0 Å². The second kappa shape index (κ2) is 9.36. The van der Waals surface area contributed by atoms with E-state index >= 15 is 0 Å². The van der Waals surface area contributed by atoms with E-state index in [0.29, 0.717) is 38.7 Å². The number of hydrogen-bond acceptors (Lipinski definition) is 8. The fourth-order valence-corrected chi connectivity index (χ4v) is 5.91. The maximum absolute atomic E-state index is 14.1. The third kappa shape index (κ3) is 3.75. The predicted octanol–water partition coefficient (Wildman–Crippen LogP) is 2.16. The van der Waals surface area contributed by atoms with Crippen molar-refractivity contribution >= 4 is 34.5 Å². The minimum absolute atomic E-state index is 0.161. The zero-order valence-electron chi connectivity index (χ0n) is 21.0. The quantitative estimate of drug-likeness (QED) is 0.479. The molecule has 37 heavy (non-hydrogen) atoms. The van der Waals surface area contributed by atoms with Crippen molar-refractivity contribution in [3.63, 3.8) is 0 Å². The second-order valence-electron chi connectivity index (χ2n) is 8.49. The first kappa shape index (κ1) is 24.5. The number of thiazole rings is 1. The predicted molar refractivity (Wildman–Crippen MR) is 139 cm³/mol. The Morgan fingerprint density at radius 2 is 1.86 bits per heavy atom. The van der Waals surface area contributed by atoms with Crippen molar-refractivity contribution in [3.8, 4) is 11.5 Å². The molecule has 1 aromatic heterocycles. The lowest BCUT2D eigenvalue weighted by Crippen LogP contribution is -2.41. The van der Waals surface area contributed by atoms with Crippen LogP contribution < -0.4 is 29.3 Å². The SMILES string of the molecule is CCOC(=O)C1=C(C)N=c2s/c(=C3\C(=O)N(C)c4ccccc43)c(=O)n2[C@@H]1c1ccc(OC)cc1OC. The molecule has 0 N–H and O–H groups in total. The Balaban J connectivity index is 1.85. The highest BCUT2D eigenvalue weighted by atomic mass is 32.1. The van der Waals surface area contributed by atoms with E-state index in [1.807, 2.05) is 24.3 Å². The number of allylic oxidation sites excluding steroid dienone is 1. The molecule has 3 heterocycles. The van der Waals surface area contributed by atoms with Crippen molar-refractivity contribution in [2.75, 3.05) is 32.8 Å². The molecule has 0 saturated carbocycles. The van der Waals surface area contributed by atoms with Gasteiger partial charge >= 0.3 is 5.97 Å². The van der Waals surface area contributed by atoms with Gasteiger partial charge < -0.3 is 19.1 Å². The molecular formula is C27H25N3O6S. The zero-order chi connectivity index (χ0) is 26.4. The van der Waals surface area contributed by atoms with Crippen molar-refractivity contribution in [3.05, 3.63) is 84.5 Å². The first-order valence-corrected chi connectivity index (χ1v) is 12.5. The van der Waals surface area contributed by atoms with Gasteiger partial charge in [0.2, 0.25) is 0 Å². The summed E-state index contributed by atoms with van der Waals surface area (Å²) in [7, 11) is 4.73. The summed E-state index contributed by atoms with van der Waals surface area (Å²) in [6.07, 6.45) is 0. The van der Waals surface area contributed by atoms with Gasteiger partial charge in [0.1, 0.15) is 22.1 Å². The maximum Gasteiger partial charge on any atom is 0.338 e. The molecule has 2 aliphatic heterocycles. The molecule has 3 aromatic rings. The molecule has 1 atom stereocenters. The van der Waals surface area contributed by atoms with Gasteiger partial charge in [-0.25, -0.2) is 9.79 Å². The Bertz CT molecular complexity index is 1670. The summed E-state index contributed by atoms with van der Waals surface area (Å²) in [6.45, 7) is 3.58. The lowest BCUT2D eigenvalue weighted by Gasteiger charge is -2.26. The summed E-state index contributed by atoms with van der Waals surface area (Å²) in [5.41, 5.74) is 2.52. The summed E-state index contributed by atoms with van der Waals surface area (Å²) < 4.78 is 18.0. The molecule has 190 valence electrons. The van der Waals surface area contributed by atoms with Gasteiger partial charge in [0.05, 0.1) is 43.4 Å². The third-order valence-corrected chi connectivity index (χ3v) is 7.56. The molecule has 0 fully saturated rings. The lowest BCUT2D eigenvalue weighted by atomic mass is 9.95. The Kier molecular flexibility index (Phi) is 6.20. The zero-order valence-corrected chi connectivity index (χ0v) is 21.8. The molecule has 0 bridgehead atoms. The summed E-state index contributed by atoms with van der Waals surface area (Å²) >= 11 is 1.13.